The number of nitrogens with one attached hydrogen (secondary N) is 2. The van der Waals surface area contributed by atoms with Crippen LogP contribution in [0, 0.1) is 16.7 Å². The third-order valence-electron chi connectivity index (χ3n) is 6.92. The molecule has 1 amide bonds. The summed E-state index contributed by atoms with van der Waals surface area (Å²) in [6, 6.07) is 9.23. The first-order valence-corrected chi connectivity index (χ1v) is 15.7. The Morgan fingerprint density at radius 3 is 2.63 bits per heavy atom. The zero-order chi connectivity index (χ0) is 29.8. The standard InChI is InChI=1S/C29H39ClN6O4S/c1-28(2,3)19-40-24-14-17-36(34-24)23-12-11-21(26(30)33-23)27(37)35-41(38,39)25-10-6-9-22(32-25)31-16-7-8-20-13-15-29(4,5)18-20/h6,9-12,14,17,20H,7-8,13,15-16,18-19H2,1-5H3,(H,31,32)(H,35,37)/t20-/m1/s1. The topological polar surface area (TPSA) is 128 Å². The van der Waals surface area contributed by atoms with Crippen LogP contribution in [0.1, 0.15) is 77.1 Å². The Kier molecular flexibility index (Phi) is 9.28. The van der Waals surface area contributed by atoms with E-state index in [1.165, 1.54) is 42.1 Å². The molecule has 1 atom stereocenters. The van der Waals surface area contributed by atoms with Crippen LogP contribution in [0.25, 0.3) is 5.82 Å². The smallest absolute Gasteiger partial charge is 0.281 e. The number of pyridine rings is 2. The molecule has 0 saturated heterocycles. The minimum absolute atomic E-state index is 0.0273. The van der Waals surface area contributed by atoms with Crippen LogP contribution >= 0.6 is 11.6 Å². The van der Waals surface area contributed by atoms with E-state index in [9.17, 15) is 13.2 Å². The molecule has 41 heavy (non-hydrogen) atoms. The Balaban J connectivity index is 1.34. The van der Waals surface area contributed by atoms with Gasteiger partial charge in [-0.2, -0.15) is 8.42 Å². The predicted octanol–water partition coefficient (Wildman–Crippen LogP) is 5.88. The van der Waals surface area contributed by atoms with Crippen molar-refractivity contribution in [1.82, 2.24) is 24.5 Å². The summed E-state index contributed by atoms with van der Waals surface area (Å²) in [5.74, 6) is 1.02. The molecule has 12 heteroatoms. The Bertz CT molecular complexity index is 1480. The summed E-state index contributed by atoms with van der Waals surface area (Å²) in [7, 11) is -4.25. The maximum Gasteiger partial charge on any atom is 0.281 e. The minimum Gasteiger partial charge on any atom is -0.476 e. The molecule has 3 aromatic heterocycles. The van der Waals surface area contributed by atoms with Gasteiger partial charge in [-0.15, -0.1) is 5.10 Å². The molecule has 1 fully saturated rings. The number of aromatic nitrogens is 4. The zero-order valence-corrected chi connectivity index (χ0v) is 25.8. The summed E-state index contributed by atoms with van der Waals surface area (Å²) in [4.78, 5) is 21.3. The molecule has 0 bridgehead atoms. The molecule has 1 aliphatic rings. The highest BCUT2D eigenvalue weighted by Crippen LogP contribution is 2.42. The van der Waals surface area contributed by atoms with E-state index >= 15 is 0 Å². The molecule has 3 heterocycles. The Morgan fingerprint density at radius 1 is 1.17 bits per heavy atom. The van der Waals surface area contributed by atoms with Gasteiger partial charge in [-0.1, -0.05) is 52.3 Å². The summed E-state index contributed by atoms with van der Waals surface area (Å²) in [5.41, 5.74) is 0.306. The summed E-state index contributed by atoms with van der Waals surface area (Å²) in [6.45, 7) is 12.0. The molecule has 0 radical (unpaired) electrons. The number of nitrogens with zero attached hydrogens (tertiary/aromatic N) is 4. The maximum absolute atomic E-state index is 13.0. The van der Waals surface area contributed by atoms with Crippen LogP contribution in [0.15, 0.2) is 47.6 Å². The first-order chi connectivity index (χ1) is 19.2. The Morgan fingerprint density at radius 2 is 1.95 bits per heavy atom. The second-order valence-electron chi connectivity index (χ2n) is 12.6. The normalized spacial score (nSPS) is 16.9. The molecule has 0 spiro atoms. The van der Waals surface area contributed by atoms with Crippen molar-refractivity contribution in [2.75, 3.05) is 18.5 Å². The van der Waals surface area contributed by atoms with Gasteiger partial charge in [0.2, 0.25) is 5.88 Å². The van der Waals surface area contributed by atoms with E-state index in [1.54, 1.807) is 24.4 Å². The summed E-state index contributed by atoms with van der Waals surface area (Å²) in [5, 5.41) is 7.08. The van der Waals surface area contributed by atoms with E-state index in [4.69, 9.17) is 16.3 Å². The number of rotatable bonds is 11. The van der Waals surface area contributed by atoms with Crippen molar-refractivity contribution < 1.29 is 17.9 Å². The lowest BCUT2D eigenvalue weighted by atomic mass is 9.89. The lowest BCUT2D eigenvalue weighted by molar-refractivity contribution is 0.0981. The second-order valence-corrected chi connectivity index (χ2v) is 14.6. The first kappa shape index (κ1) is 30.8. The van der Waals surface area contributed by atoms with Crippen LogP contribution in [0.5, 0.6) is 5.88 Å². The van der Waals surface area contributed by atoms with Crippen LogP contribution in [0.3, 0.4) is 0 Å². The molecule has 0 unspecified atom stereocenters. The van der Waals surface area contributed by atoms with Gasteiger partial charge >= 0.3 is 0 Å². The van der Waals surface area contributed by atoms with Gasteiger partial charge in [-0.25, -0.2) is 19.4 Å². The summed E-state index contributed by atoms with van der Waals surface area (Å²) >= 11 is 6.27. The SMILES string of the molecule is CC(C)(C)COc1ccn(-c2ccc(C(=O)NS(=O)(=O)c3cccc(NCCC[C@@H]4CCC(C)(C)C4)n3)c(Cl)n2)n1. The Labute approximate surface area is 247 Å². The molecule has 3 aromatic rings. The third kappa shape index (κ3) is 8.65. The Hall–Kier alpha value is -3.18. The van der Waals surface area contributed by atoms with E-state index in [0.29, 0.717) is 36.1 Å². The van der Waals surface area contributed by atoms with E-state index in [-0.39, 0.29) is 21.2 Å². The number of amides is 1. The lowest BCUT2D eigenvalue weighted by Crippen LogP contribution is -2.31. The van der Waals surface area contributed by atoms with Crippen LogP contribution in [0.2, 0.25) is 5.15 Å². The molecule has 2 N–H and O–H groups in total. The van der Waals surface area contributed by atoms with Gasteiger partial charge in [0.25, 0.3) is 15.9 Å². The molecular weight excluding hydrogens is 564 g/mol. The molecule has 0 aliphatic heterocycles. The average molecular weight is 603 g/mol. The largest absolute Gasteiger partial charge is 0.476 e. The van der Waals surface area contributed by atoms with E-state index < -0.39 is 15.9 Å². The fourth-order valence-electron chi connectivity index (χ4n) is 4.85. The number of carbonyl (C=O) groups is 1. The number of halogens is 1. The number of ether oxygens (including phenoxy) is 1. The highest BCUT2D eigenvalue weighted by atomic mass is 35.5. The van der Waals surface area contributed by atoms with Gasteiger partial charge in [-0.3, -0.25) is 4.79 Å². The molecule has 4 rings (SSSR count). The number of carbonyl (C=O) groups excluding carboxylic acids is 1. The van der Waals surface area contributed by atoms with Crippen molar-refractivity contribution in [3.8, 4) is 11.7 Å². The molecule has 222 valence electrons. The van der Waals surface area contributed by atoms with E-state index in [1.807, 2.05) is 4.72 Å². The van der Waals surface area contributed by atoms with Gasteiger partial charge in [0.15, 0.2) is 10.8 Å². The number of hydrogen-bond acceptors (Lipinski definition) is 8. The number of hydrogen-bond donors (Lipinski definition) is 2. The van der Waals surface area contributed by atoms with Crippen molar-refractivity contribution in [2.45, 2.75) is 71.7 Å². The van der Waals surface area contributed by atoms with Crippen molar-refractivity contribution in [2.24, 2.45) is 16.7 Å². The van der Waals surface area contributed by atoms with E-state index in [0.717, 1.165) is 18.8 Å². The van der Waals surface area contributed by atoms with Crippen LogP contribution in [-0.4, -0.2) is 47.2 Å². The first-order valence-electron chi connectivity index (χ1n) is 13.8. The highest BCUT2D eigenvalue weighted by molar-refractivity contribution is 7.90. The quantitative estimate of drug-likeness (QED) is 0.206. The van der Waals surface area contributed by atoms with Crippen LogP contribution < -0.4 is 14.8 Å². The van der Waals surface area contributed by atoms with Gasteiger partial charge in [0.05, 0.1) is 12.2 Å². The predicted molar refractivity (Wildman–Crippen MR) is 159 cm³/mol. The van der Waals surface area contributed by atoms with Crippen molar-refractivity contribution in [3.63, 3.8) is 0 Å². The average Bonchev–Trinajstić information content (AvgIpc) is 3.51. The summed E-state index contributed by atoms with van der Waals surface area (Å²) < 4.78 is 35.1. The maximum atomic E-state index is 13.0. The molecule has 10 nitrogen and oxygen atoms in total. The molecule has 0 aromatic carbocycles. The fraction of sp³-hybridized carbons (Fsp3) is 0.517. The third-order valence-corrected chi connectivity index (χ3v) is 8.44. The van der Waals surface area contributed by atoms with Gasteiger partial charge in [-0.05, 0) is 73.1 Å². The van der Waals surface area contributed by atoms with Crippen molar-refractivity contribution in [3.05, 3.63) is 53.3 Å². The minimum atomic E-state index is -4.25. The van der Waals surface area contributed by atoms with E-state index in [2.05, 4.69) is 55.0 Å². The fourth-order valence-corrected chi connectivity index (χ4v) is 6.02. The van der Waals surface area contributed by atoms with Gasteiger partial charge < -0.3 is 10.1 Å². The van der Waals surface area contributed by atoms with Gasteiger partial charge in [0.1, 0.15) is 11.0 Å². The van der Waals surface area contributed by atoms with Crippen LogP contribution in [0.4, 0.5) is 5.82 Å². The van der Waals surface area contributed by atoms with Gasteiger partial charge in [0, 0.05) is 18.8 Å². The van der Waals surface area contributed by atoms with Crippen LogP contribution in [-0.2, 0) is 10.0 Å². The molecule has 1 saturated carbocycles. The van der Waals surface area contributed by atoms with Crippen molar-refractivity contribution in [1.29, 1.82) is 0 Å². The molecular formula is C29H39ClN6O4S. The number of anilines is 1. The zero-order valence-electron chi connectivity index (χ0n) is 24.3. The number of sulfonamides is 1. The summed E-state index contributed by atoms with van der Waals surface area (Å²) in [6.07, 6.45) is 7.53. The molecule has 1 aliphatic carbocycles. The lowest BCUT2D eigenvalue weighted by Gasteiger charge is -2.17. The van der Waals surface area contributed by atoms with Crippen molar-refractivity contribution >= 4 is 33.3 Å². The monoisotopic (exact) mass is 602 g/mol. The second kappa shape index (κ2) is 12.4. The highest BCUT2D eigenvalue weighted by Gasteiger charge is 2.30.